The lowest BCUT2D eigenvalue weighted by molar-refractivity contribution is -0.160. The molecule has 2 N–H and O–H groups in total. The van der Waals surface area contributed by atoms with Gasteiger partial charge in [-0.25, -0.2) is 0 Å². The van der Waals surface area contributed by atoms with E-state index >= 15 is 0 Å². The smallest absolute Gasteiger partial charge is 0.306 e. The van der Waals surface area contributed by atoms with Crippen LogP contribution in [0.5, 0.6) is 0 Å². The van der Waals surface area contributed by atoms with E-state index in [-0.39, 0.29) is 17.7 Å². The van der Waals surface area contributed by atoms with Crippen molar-refractivity contribution in [3.05, 3.63) is 0 Å². The number of carbonyl (C=O) groups excluding carboxylic acids is 1. The second-order valence-electron chi connectivity index (χ2n) is 5.32. The van der Waals surface area contributed by atoms with Crippen LogP contribution in [-0.2, 0) is 9.59 Å². The predicted molar refractivity (Wildman–Crippen MR) is 60.3 cm³/mol. The number of aliphatic hydroxyl groups is 1. The highest BCUT2D eigenvalue weighted by Crippen LogP contribution is 2.35. The number of β-amino-alcohol motifs (C(OH)–C–C–N with tert-alkyl or cyclic N) is 1. The third-order valence-corrected chi connectivity index (χ3v) is 4.07. The van der Waals surface area contributed by atoms with Crippen LogP contribution >= 0.6 is 0 Å². The molecule has 2 rings (SSSR count). The first-order valence-corrected chi connectivity index (χ1v) is 6.19. The Morgan fingerprint density at radius 3 is 2.35 bits per heavy atom. The average Bonchev–Trinajstić information content (AvgIpc) is 2.73. The number of carboxylic acid groups (broad SMARTS) is 1. The van der Waals surface area contributed by atoms with Crippen LogP contribution in [0.3, 0.4) is 0 Å². The van der Waals surface area contributed by atoms with Gasteiger partial charge in [0.25, 0.3) is 0 Å². The molecular formula is C12H19NO4. The van der Waals surface area contributed by atoms with Gasteiger partial charge in [-0.3, -0.25) is 9.59 Å². The maximum absolute atomic E-state index is 12.0. The molecule has 96 valence electrons. The Labute approximate surface area is 100 Å². The summed E-state index contributed by atoms with van der Waals surface area (Å²) in [5.74, 6) is -1.30. The molecule has 17 heavy (non-hydrogen) atoms. The zero-order valence-corrected chi connectivity index (χ0v) is 10.1. The molecule has 1 aliphatic heterocycles. The zero-order valence-electron chi connectivity index (χ0n) is 10.1. The second-order valence-corrected chi connectivity index (χ2v) is 5.32. The minimum atomic E-state index is -0.797. The van der Waals surface area contributed by atoms with Gasteiger partial charge in [0, 0.05) is 5.92 Å². The standard InChI is InChI=1S/C12H19NO4/c1-2-12(17)6-13(7-12)10(14)8-3-4-9(5-8)11(15)16/h8-9,17H,2-7H2,1H3,(H,15,16)/t8-,9+/m1/s1. The molecule has 1 saturated heterocycles. The van der Waals surface area contributed by atoms with Gasteiger partial charge in [-0.1, -0.05) is 6.92 Å². The van der Waals surface area contributed by atoms with Gasteiger partial charge in [-0.15, -0.1) is 0 Å². The van der Waals surface area contributed by atoms with Crippen molar-refractivity contribution in [3.8, 4) is 0 Å². The van der Waals surface area contributed by atoms with Crippen molar-refractivity contribution >= 4 is 11.9 Å². The summed E-state index contributed by atoms with van der Waals surface area (Å²) in [4.78, 5) is 24.5. The van der Waals surface area contributed by atoms with Crippen LogP contribution in [0.1, 0.15) is 32.6 Å². The topological polar surface area (TPSA) is 77.8 Å². The minimum Gasteiger partial charge on any atom is -0.481 e. The van der Waals surface area contributed by atoms with Gasteiger partial charge in [0.15, 0.2) is 0 Å². The van der Waals surface area contributed by atoms with E-state index in [2.05, 4.69) is 0 Å². The van der Waals surface area contributed by atoms with Crippen molar-refractivity contribution in [2.45, 2.75) is 38.2 Å². The second kappa shape index (κ2) is 4.29. The quantitative estimate of drug-likeness (QED) is 0.753. The van der Waals surface area contributed by atoms with Crippen LogP contribution in [0.25, 0.3) is 0 Å². The Balaban J connectivity index is 1.85. The molecule has 5 heteroatoms. The van der Waals surface area contributed by atoms with E-state index < -0.39 is 11.6 Å². The molecule has 1 aliphatic carbocycles. The highest BCUT2D eigenvalue weighted by molar-refractivity contribution is 5.82. The van der Waals surface area contributed by atoms with Gasteiger partial charge >= 0.3 is 5.97 Å². The van der Waals surface area contributed by atoms with E-state index in [4.69, 9.17) is 5.11 Å². The Morgan fingerprint density at radius 2 is 1.88 bits per heavy atom. The molecule has 1 heterocycles. The van der Waals surface area contributed by atoms with E-state index in [0.29, 0.717) is 38.8 Å². The van der Waals surface area contributed by atoms with Crippen molar-refractivity contribution in [1.29, 1.82) is 0 Å². The number of carboxylic acids is 1. The normalized spacial score (nSPS) is 31.1. The number of likely N-dealkylation sites (tertiary alicyclic amines) is 1. The van der Waals surface area contributed by atoms with E-state index in [0.717, 1.165) is 0 Å². The van der Waals surface area contributed by atoms with Crippen LogP contribution < -0.4 is 0 Å². The van der Waals surface area contributed by atoms with Crippen LogP contribution in [0.4, 0.5) is 0 Å². The first-order valence-electron chi connectivity index (χ1n) is 6.19. The molecule has 0 spiro atoms. The van der Waals surface area contributed by atoms with Crippen LogP contribution in [0.2, 0.25) is 0 Å². The molecule has 1 saturated carbocycles. The minimum absolute atomic E-state index is 0.0203. The molecule has 0 radical (unpaired) electrons. The molecule has 0 bridgehead atoms. The lowest BCUT2D eigenvalue weighted by Crippen LogP contribution is -2.64. The van der Waals surface area contributed by atoms with Crippen molar-refractivity contribution in [3.63, 3.8) is 0 Å². The summed E-state index contributed by atoms with van der Waals surface area (Å²) >= 11 is 0. The summed E-state index contributed by atoms with van der Waals surface area (Å²) in [6.07, 6.45) is 2.36. The SMILES string of the molecule is CCC1(O)CN(C(=O)[C@@H]2CC[C@H](C(=O)O)C2)C1. The largest absolute Gasteiger partial charge is 0.481 e. The van der Waals surface area contributed by atoms with E-state index in [1.54, 1.807) is 4.90 Å². The lowest BCUT2D eigenvalue weighted by atomic mass is 9.89. The monoisotopic (exact) mass is 241 g/mol. The van der Waals surface area contributed by atoms with Crippen molar-refractivity contribution in [2.75, 3.05) is 13.1 Å². The van der Waals surface area contributed by atoms with Gasteiger partial charge in [-0.2, -0.15) is 0 Å². The van der Waals surface area contributed by atoms with Crippen LogP contribution in [0.15, 0.2) is 0 Å². The molecule has 1 amide bonds. The summed E-state index contributed by atoms with van der Waals surface area (Å²) in [7, 11) is 0. The third kappa shape index (κ3) is 2.29. The summed E-state index contributed by atoms with van der Waals surface area (Å²) in [6, 6.07) is 0. The maximum atomic E-state index is 12.0. The third-order valence-electron chi connectivity index (χ3n) is 4.07. The van der Waals surface area contributed by atoms with E-state index in [9.17, 15) is 14.7 Å². The predicted octanol–water partition coefficient (Wildman–Crippen LogP) is 0.471. The number of hydrogen-bond donors (Lipinski definition) is 2. The zero-order chi connectivity index (χ0) is 12.6. The average molecular weight is 241 g/mol. The maximum Gasteiger partial charge on any atom is 0.306 e. The molecular weight excluding hydrogens is 222 g/mol. The molecule has 0 aromatic heterocycles. The summed E-state index contributed by atoms with van der Waals surface area (Å²) in [5.41, 5.74) is -0.708. The van der Waals surface area contributed by atoms with E-state index in [1.807, 2.05) is 6.92 Å². The molecule has 2 fully saturated rings. The van der Waals surface area contributed by atoms with Gasteiger partial charge in [-0.05, 0) is 25.7 Å². The summed E-state index contributed by atoms with van der Waals surface area (Å²) in [5, 5.41) is 18.7. The Kier molecular flexibility index (Phi) is 3.12. The Hall–Kier alpha value is -1.10. The highest BCUT2D eigenvalue weighted by atomic mass is 16.4. The Morgan fingerprint density at radius 1 is 1.29 bits per heavy atom. The lowest BCUT2D eigenvalue weighted by Gasteiger charge is -2.47. The fourth-order valence-corrected chi connectivity index (χ4v) is 2.73. The first kappa shape index (κ1) is 12.4. The molecule has 2 aliphatic rings. The number of aliphatic carboxylic acids is 1. The van der Waals surface area contributed by atoms with Gasteiger partial charge in [0.05, 0.1) is 24.6 Å². The van der Waals surface area contributed by atoms with Crippen LogP contribution in [-0.4, -0.2) is 45.7 Å². The summed E-state index contributed by atoms with van der Waals surface area (Å²) in [6.45, 7) is 2.70. The van der Waals surface area contributed by atoms with Crippen molar-refractivity contribution < 1.29 is 19.8 Å². The molecule has 0 aromatic rings. The number of hydrogen-bond acceptors (Lipinski definition) is 3. The number of rotatable bonds is 3. The molecule has 5 nitrogen and oxygen atoms in total. The van der Waals surface area contributed by atoms with Gasteiger partial charge in [0.2, 0.25) is 5.91 Å². The molecule has 0 unspecified atom stereocenters. The fourth-order valence-electron chi connectivity index (χ4n) is 2.73. The van der Waals surface area contributed by atoms with Gasteiger partial charge < -0.3 is 15.1 Å². The Bertz CT molecular complexity index is 335. The summed E-state index contributed by atoms with van der Waals surface area (Å²) < 4.78 is 0. The molecule has 0 aromatic carbocycles. The van der Waals surface area contributed by atoms with Crippen molar-refractivity contribution in [1.82, 2.24) is 4.90 Å². The van der Waals surface area contributed by atoms with Crippen molar-refractivity contribution in [2.24, 2.45) is 11.8 Å². The number of amides is 1. The van der Waals surface area contributed by atoms with Crippen LogP contribution in [0, 0.1) is 11.8 Å². The molecule has 2 atom stereocenters. The first-order chi connectivity index (χ1) is 7.95. The van der Waals surface area contributed by atoms with E-state index in [1.165, 1.54) is 0 Å². The highest BCUT2D eigenvalue weighted by Gasteiger charge is 2.45. The number of carbonyl (C=O) groups is 2. The number of nitrogens with zero attached hydrogens (tertiary/aromatic N) is 1. The fraction of sp³-hybridized carbons (Fsp3) is 0.833. The van der Waals surface area contributed by atoms with Gasteiger partial charge in [0.1, 0.15) is 0 Å².